The van der Waals surface area contributed by atoms with Crippen LogP contribution in [0.2, 0.25) is 0 Å². The van der Waals surface area contributed by atoms with Crippen LogP contribution in [0.15, 0.2) is 42.5 Å². The molecule has 6 heteroatoms. The second kappa shape index (κ2) is 9.19. The van der Waals surface area contributed by atoms with Crippen molar-refractivity contribution < 1.29 is 29.6 Å². The van der Waals surface area contributed by atoms with Crippen molar-refractivity contribution in [2.75, 3.05) is 13.2 Å². The molecule has 2 aromatic carbocycles. The Bertz CT molecular complexity index is 801. The zero-order chi connectivity index (χ0) is 20.1. The number of hydrogen-bond acceptors (Lipinski definition) is 5. The Kier molecular flexibility index (Phi) is 6.67. The molecule has 3 atom stereocenters. The number of benzene rings is 2. The number of carboxylic acid groups (broad SMARTS) is 1. The van der Waals surface area contributed by atoms with E-state index in [1.807, 2.05) is 37.3 Å². The molecule has 0 saturated carbocycles. The van der Waals surface area contributed by atoms with Crippen molar-refractivity contribution in [2.45, 2.75) is 44.5 Å². The molecule has 1 aliphatic heterocycles. The normalized spacial score (nSPS) is 22.0. The number of rotatable bonds is 7. The van der Waals surface area contributed by atoms with Crippen molar-refractivity contribution >= 4 is 5.97 Å². The third-order valence-electron chi connectivity index (χ3n) is 4.92. The molecule has 0 aromatic heterocycles. The van der Waals surface area contributed by atoms with Crippen molar-refractivity contribution in [1.29, 1.82) is 0 Å². The van der Waals surface area contributed by atoms with Crippen LogP contribution in [0.1, 0.15) is 52.9 Å². The minimum atomic E-state index is -1.04. The molecule has 0 bridgehead atoms. The minimum Gasteiger partial charge on any atom is -0.494 e. The third kappa shape index (κ3) is 4.90. The van der Waals surface area contributed by atoms with E-state index in [1.54, 1.807) is 12.1 Å². The maximum atomic E-state index is 11.7. The van der Waals surface area contributed by atoms with Crippen molar-refractivity contribution in [3.63, 3.8) is 0 Å². The Hall–Kier alpha value is -2.41. The van der Waals surface area contributed by atoms with Gasteiger partial charge in [-0.2, -0.15) is 0 Å². The molecular formula is C22H26O6. The number of carbonyl (C=O) groups is 1. The van der Waals surface area contributed by atoms with Crippen molar-refractivity contribution in [3.05, 3.63) is 64.7 Å². The molecule has 1 heterocycles. The fourth-order valence-electron chi connectivity index (χ4n) is 3.60. The smallest absolute Gasteiger partial charge is 0.336 e. The fraction of sp³-hybridized carbons (Fsp3) is 0.409. The van der Waals surface area contributed by atoms with Crippen LogP contribution in [0.25, 0.3) is 0 Å². The second-order valence-electron chi connectivity index (χ2n) is 7.04. The number of hydrogen-bond donors (Lipinski definition) is 3. The average molecular weight is 386 g/mol. The van der Waals surface area contributed by atoms with Crippen molar-refractivity contribution in [1.82, 2.24) is 0 Å². The number of aliphatic hydroxyl groups excluding tert-OH is 2. The first-order chi connectivity index (χ1) is 13.5. The monoisotopic (exact) mass is 386 g/mol. The first-order valence-corrected chi connectivity index (χ1v) is 9.52. The van der Waals surface area contributed by atoms with Gasteiger partial charge >= 0.3 is 5.97 Å². The van der Waals surface area contributed by atoms with Crippen LogP contribution in [0.4, 0.5) is 0 Å². The van der Waals surface area contributed by atoms with Crippen LogP contribution in [0.3, 0.4) is 0 Å². The summed E-state index contributed by atoms with van der Waals surface area (Å²) in [7, 11) is 0. The van der Waals surface area contributed by atoms with E-state index in [2.05, 4.69) is 0 Å². The lowest BCUT2D eigenvalue weighted by Gasteiger charge is -2.33. The molecular weight excluding hydrogens is 360 g/mol. The molecule has 0 amide bonds. The highest BCUT2D eigenvalue weighted by Gasteiger charge is 2.31. The fourth-order valence-corrected chi connectivity index (χ4v) is 3.60. The quantitative estimate of drug-likeness (QED) is 0.677. The summed E-state index contributed by atoms with van der Waals surface area (Å²) in [6.07, 6.45) is -0.396. The number of aromatic carboxylic acids is 1. The summed E-state index contributed by atoms with van der Waals surface area (Å²) in [5.74, 6) is -0.223. The van der Waals surface area contributed by atoms with E-state index in [1.165, 1.54) is 0 Å². The molecule has 3 N–H and O–H groups in total. The molecule has 0 unspecified atom stereocenters. The second-order valence-corrected chi connectivity index (χ2v) is 7.04. The molecule has 1 saturated heterocycles. The van der Waals surface area contributed by atoms with Gasteiger partial charge in [0.05, 0.1) is 37.1 Å². The van der Waals surface area contributed by atoms with Gasteiger partial charge in [-0.05, 0) is 48.2 Å². The lowest BCUT2D eigenvalue weighted by atomic mass is 9.91. The lowest BCUT2D eigenvalue weighted by Crippen LogP contribution is -2.34. The molecule has 1 fully saturated rings. The standard InChI is InChI=1S/C22H26O6/c1-2-27-17-6-3-14(4-7-17)9-15-5-8-19(22(25)26)20(10-15)21-12-16(24)11-18(13-23)28-21/h3-8,10,16,18,21,23-24H,2,9,11-13H2,1H3,(H,25,26)/t16-,18-,21+/m0/s1. The predicted octanol–water partition coefficient (Wildman–Crippen LogP) is 2.95. The Labute approximate surface area is 164 Å². The van der Waals surface area contributed by atoms with Gasteiger partial charge < -0.3 is 24.8 Å². The van der Waals surface area contributed by atoms with Crippen molar-refractivity contribution in [2.24, 2.45) is 0 Å². The van der Waals surface area contributed by atoms with Gasteiger partial charge in [0.15, 0.2) is 0 Å². The van der Waals surface area contributed by atoms with Gasteiger partial charge in [-0.3, -0.25) is 0 Å². The topological polar surface area (TPSA) is 96.2 Å². The zero-order valence-corrected chi connectivity index (χ0v) is 15.9. The van der Waals surface area contributed by atoms with Crippen molar-refractivity contribution in [3.8, 4) is 5.75 Å². The highest BCUT2D eigenvalue weighted by molar-refractivity contribution is 5.89. The van der Waals surface area contributed by atoms with Gasteiger partial charge in [-0.25, -0.2) is 4.79 Å². The van der Waals surface area contributed by atoms with Gasteiger partial charge in [0, 0.05) is 12.8 Å². The van der Waals surface area contributed by atoms with Gasteiger partial charge in [-0.15, -0.1) is 0 Å². The van der Waals surface area contributed by atoms with Crippen LogP contribution in [0, 0.1) is 0 Å². The molecule has 0 aliphatic carbocycles. The maximum Gasteiger partial charge on any atom is 0.336 e. The summed E-state index contributed by atoms with van der Waals surface area (Å²) in [6, 6.07) is 13.0. The van der Waals surface area contributed by atoms with E-state index in [4.69, 9.17) is 9.47 Å². The lowest BCUT2D eigenvalue weighted by molar-refractivity contribution is -0.114. The third-order valence-corrected chi connectivity index (χ3v) is 4.92. The molecule has 2 aromatic rings. The molecule has 150 valence electrons. The van der Waals surface area contributed by atoms with Crippen LogP contribution in [0.5, 0.6) is 5.75 Å². The largest absolute Gasteiger partial charge is 0.494 e. The molecule has 3 rings (SSSR count). The Balaban J connectivity index is 1.85. The first kappa shape index (κ1) is 20.3. The molecule has 0 spiro atoms. The van der Waals surface area contributed by atoms with Gasteiger partial charge in [0.2, 0.25) is 0 Å². The summed E-state index contributed by atoms with van der Waals surface area (Å²) >= 11 is 0. The van der Waals surface area contributed by atoms with Crippen LogP contribution < -0.4 is 4.74 Å². The SMILES string of the molecule is CCOc1ccc(Cc2ccc(C(=O)O)c([C@H]3C[C@@H](O)C[C@@H](CO)O3)c2)cc1. The first-order valence-electron chi connectivity index (χ1n) is 9.52. The Morgan fingerprint density at radius 1 is 1.14 bits per heavy atom. The summed E-state index contributed by atoms with van der Waals surface area (Å²) in [5, 5.41) is 29.1. The minimum absolute atomic E-state index is 0.159. The molecule has 6 nitrogen and oxygen atoms in total. The molecule has 0 radical (unpaired) electrons. The predicted molar refractivity (Wildman–Crippen MR) is 104 cm³/mol. The van der Waals surface area contributed by atoms with E-state index in [0.29, 0.717) is 31.4 Å². The molecule has 1 aliphatic rings. The summed E-state index contributed by atoms with van der Waals surface area (Å²) in [5.41, 5.74) is 2.73. The summed E-state index contributed by atoms with van der Waals surface area (Å²) in [6.45, 7) is 2.34. The molecule has 28 heavy (non-hydrogen) atoms. The van der Waals surface area contributed by atoms with Gasteiger partial charge in [-0.1, -0.05) is 24.3 Å². The van der Waals surface area contributed by atoms with E-state index < -0.39 is 24.3 Å². The average Bonchev–Trinajstić information content (AvgIpc) is 2.69. The Morgan fingerprint density at radius 2 is 1.86 bits per heavy atom. The van der Waals surface area contributed by atoms with E-state index in [9.17, 15) is 20.1 Å². The number of ether oxygens (including phenoxy) is 2. The van der Waals surface area contributed by atoms with Crippen LogP contribution >= 0.6 is 0 Å². The zero-order valence-electron chi connectivity index (χ0n) is 15.9. The van der Waals surface area contributed by atoms with E-state index in [-0.39, 0.29) is 12.2 Å². The van der Waals surface area contributed by atoms with E-state index >= 15 is 0 Å². The summed E-state index contributed by atoms with van der Waals surface area (Å²) in [4.78, 5) is 11.7. The van der Waals surface area contributed by atoms with Crippen LogP contribution in [-0.2, 0) is 11.2 Å². The summed E-state index contributed by atoms with van der Waals surface area (Å²) < 4.78 is 11.3. The Morgan fingerprint density at radius 3 is 2.50 bits per heavy atom. The highest BCUT2D eigenvalue weighted by atomic mass is 16.5. The number of aliphatic hydroxyl groups is 2. The van der Waals surface area contributed by atoms with Gasteiger partial charge in [0.1, 0.15) is 5.75 Å². The van der Waals surface area contributed by atoms with E-state index in [0.717, 1.165) is 16.9 Å². The maximum absolute atomic E-state index is 11.7. The highest BCUT2D eigenvalue weighted by Crippen LogP contribution is 2.34. The van der Waals surface area contributed by atoms with Gasteiger partial charge in [0.25, 0.3) is 0 Å². The van der Waals surface area contributed by atoms with Crippen LogP contribution in [-0.4, -0.2) is 46.7 Å². The number of carboxylic acids is 1.